The number of halogens is 1. The molecule has 1 aliphatic rings. The Bertz CT molecular complexity index is 975. The van der Waals surface area contributed by atoms with Crippen molar-refractivity contribution in [2.45, 2.75) is 13.8 Å². The Morgan fingerprint density at radius 1 is 1.12 bits per heavy atom. The van der Waals surface area contributed by atoms with E-state index in [2.05, 4.69) is 10.1 Å². The lowest BCUT2D eigenvalue weighted by atomic mass is 10.2. The van der Waals surface area contributed by atoms with E-state index in [-0.39, 0.29) is 11.7 Å². The van der Waals surface area contributed by atoms with E-state index in [4.69, 9.17) is 0 Å². The lowest BCUT2D eigenvalue weighted by Gasteiger charge is -2.36. The van der Waals surface area contributed by atoms with Gasteiger partial charge in [-0.2, -0.15) is 5.10 Å². The summed E-state index contributed by atoms with van der Waals surface area (Å²) in [7, 11) is 0. The van der Waals surface area contributed by atoms with Gasteiger partial charge in [0.05, 0.1) is 22.6 Å². The van der Waals surface area contributed by atoms with E-state index >= 15 is 0 Å². The third-order valence-electron chi connectivity index (χ3n) is 4.84. The maximum atomic E-state index is 14.0. The molecule has 134 valence electrons. The monoisotopic (exact) mass is 353 g/mol. The molecule has 26 heavy (non-hydrogen) atoms. The number of hydrogen-bond acceptors (Lipinski definition) is 4. The first-order valence-corrected chi connectivity index (χ1v) is 8.65. The largest absolute Gasteiger partial charge is 0.366 e. The number of piperazine rings is 1. The molecule has 0 aliphatic carbocycles. The van der Waals surface area contributed by atoms with Crippen LogP contribution in [0, 0.1) is 19.7 Å². The Morgan fingerprint density at radius 2 is 1.85 bits per heavy atom. The summed E-state index contributed by atoms with van der Waals surface area (Å²) >= 11 is 0. The van der Waals surface area contributed by atoms with Crippen LogP contribution in [-0.4, -0.2) is 51.6 Å². The summed E-state index contributed by atoms with van der Waals surface area (Å²) in [5.41, 5.74) is 3.53. The first kappa shape index (κ1) is 16.5. The van der Waals surface area contributed by atoms with Gasteiger partial charge < -0.3 is 9.80 Å². The molecular weight excluding hydrogens is 333 g/mol. The van der Waals surface area contributed by atoms with Gasteiger partial charge in [-0.3, -0.25) is 4.79 Å². The van der Waals surface area contributed by atoms with E-state index in [0.29, 0.717) is 37.4 Å². The van der Waals surface area contributed by atoms with E-state index in [1.807, 2.05) is 30.9 Å². The average molecular weight is 353 g/mol. The Balaban J connectivity index is 1.52. The van der Waals surface area contributed by atoms with Crippen molar-refractivity contribution in [1.29, 1.82) is 0 Å². The number of nitrogens with zero attached hydrogens (tertiary/aromatic N) is 5. The standard InChI is InChI=1S/C19H20FN5O/c1-13-11-18-21-12-15(14(2)25(18)22-13)19(26)24-9-7-23(8-10-24)17-6-4-3-5-16(17)20/h3-6,11-12H,7-10H2,1-2H3. The number of aryl methyl sites for hydroxylation is 2. The van der Waals surface area contributed by atoms with Gasteiger partial charge >= 0.3 is 0 Å². The van der Waals surface area contributed by atoms with Gasteiger partial charge in [-0.1, -0.05) is 12.1 Å². The van der Waals surface area contributed by atoms with Crippen LogP contribution in [0.5, 0.6) is 0 Å². The number of amides is 1. The van der Waals surface area contributed by atoms with Crippen LogP contribution in [0.1, 0.15) is 21.7 Å². The summed E-state index contributed by atoms with van der Waals surface area (Å²) in [6.45, 7) is 6.07. The zero-order valence-corrected chi connectivity index (χ0v) is 14.8. The molecule has 0 spiro atoms. The van der Waals surface area contributed by atoms with Crippen LogP contribution in [0.4, 0.5) is 10.1 Å². The van der Waals surface area contributed by atoms with E-state index in [1.54, 1.807) is 27.7 Å². The van der Waals surface area contributed by atoms with Gasteiger partial charge in [-0.15, -0.1) is 0 Å². The van der Waals surface area contributed by atoms with E-state index in [0.717, 1.165) is 17.0 Å². The maximum absolute atomic E-state index is 14.0. The molecule has 2 aromatic heterocycles. The normalized spacial score (nSPS) is 14.9. The van der Waals surface area contributed by atoms with Gasteiger partial charge in [0.15, 0.2) is 5.65 Å². The fourth-order valence-corrected chi connectivity index (χ4v) is 3.40. The number of para-hydroxylation sites is 1. The molecule has 0 radical (unpaired) electrons. The molecule has 1 aromatic carbocycles. The molecule has 0 bridgehead atoms. The number of rotatable bonds is 2. The van der Waals surface area contributed by atoms with Crippen molar-refractivity contribution < 1.29 is 9.18 Å². The second kappa shape index (κ2) is 6.40. The van der Waals surface area contributed by atoms with Gasteiger partial charge in [-0.25, -0.2) is 13.9 Å². The van der Waals surface area contributed by atoms with E-state index in [1.165, 1.54) is 6.07 Å². The average Bonchev–Trinajstić information content (AvgIpc) is 3.04. The van der Waals surface area contributed by atoms with Crippen molar-refractivity contribution >= 4 is 17.2 Å². The summed E-state index contributed by atoms with van der Waals surface area (Å²) < 4.78 is 15.7. The topological polar surface area (TPSA) is 53.7 Å². The first-order chi connectivity index (χ1) is 12.5. The Hall–Kier alpha value is -2.96. The first-order valence-electron chi connectivity index (χ1n) is 8.65. The summed E-state index contributed by atoms with van der Waals surface area (Å²) in [5, 5.41) is 4.40. The molecule has 3 aromatic rings. The molecule has 1 aliphatic heterocycles. The third kappa shape index (κ3) is 2.79. The minimum absolute atomic E-state index is 0.0572. The highest BCUT2D eigenvalue weighted by atomic mass is 19.1. The van der Waals surface area contributed by atoms with Crippen LogP contribution in [0.25, 0.3) is 5.65 Å². The zero-order chi connectivity index (χ0) is 18.3. The molecule has 1 amide bonds. The van der Waals surface area contributed by atoms with Crippen LogP contribution in [0.15, 0.2) is 36.5 Å². The number of aromatic nitrogens is 3. The Kier molecular flexibility index (Phi) is 4.06. The van der Waals surface area contributed by atoms with Crippen LogP contribution >= 0.6 is 0 Å². The van der Waals surface area contributed by atoms with Gasteiger partial charge in [0, 0.05) is 38.4 Å². The molecule has 7 heteroatoms. The second-order valence-corrected chi connectivity index (χ2v) is 6.54. The van der Waals surface area contributed by atoms with Gasteiger partial charge in [-0.05, 0) is 26.0 Å². The summed E-state index contributed by atoms with van der Waals surface area (Å²) in [5.74, 6) is -0.287. The number of carbonyl (C=O) groups excluding carboxylic acids is 1. The summed E-state index contributed by atoms with van der Waals surface area (Å²) in [4.78, 5) is 21.1. The molecule has 0 unspecified atom stereocenters. The van der Waals surface area contributed by atoms with Crippen LogP contribution < -0.4 is 4.90 Å². The van der Waals surface area contributed by atoms with Crippen molar-refractivity contribution in [3.63, 3.8) is 0 Å². The SMILES string of the molecule is Cc1cc2ncc(C(=O)N3CCN(c4ccccc4F)CC3)c(C)n2n1. The summed E-state index contributed by atoms with van der Waals surface area (Å²) in [6, 6.07) is 8.63. The van der Waals surface area contributed by atoms with Crippen molar-refractivity contribution in [3.8, 4) is 0 Å². The van der Waals surface area contributed by atoms with E-state index in [9.17, 15) is 9.18 Å². The van der Waals surface area contributed by atoms with Gasteiger partial charge in [0.25, 0.3) is 5.91 Å². The van der Waals surface area contributed by atoms with Crippen molar-refractivity contribution in [1.82, 2.24) is 19.5 Å². The Labute approximate surface area is 150 Å². The van der Waals surface area contributed by atoms with Crippen molar-refractivity contribution in [2.75, 3.05) is 31.1 Å². The molecule has 6 nitrogen and oxygen atoms in total. The van der Waals surface area contributed by atoms with Crippen LogP contribution in [-0.2, 0) is 0 Å². The lowest BCUT2D eigenvalue weighted by Crippen LogP contribution is -2.49. The van der Waals surface area contributed by atoms with Gasteiger partial charge in [0.2, 0.25) is 0 Å². The van der Waals surface area contributed by atoms with Crippen molar-refractivity contribution in [3.05, 3.63) is 59.3 Å². The molecule has 1 saturated heterocycles. The summed E-state index contributed by atoms with van der Waals surface area (Å²) in [6.07, 6.45) is 1.62. The molecule has 4 rings (SSSR count). The maximum Gasteiger partial charge on any atom is 0.257 e. The number of benzene rings is 1. The predicted octanol–water partition coefficient (Wildman–Crippen LogP) is 2.45. The lowest BCUT2D eigenvalue weighted by molar-refractivity contribution is 0.0744. The smallest absolute Gasteiger partial charge is 0.257 e. The minimum Gasteiger partial charge on any atom is -0.366 e. The third-order valence-corrected chi connectivity index (χ3v) is 4.84. The molecular formula is C19H20FN5O. The van der Waals surface area contributed by atoms with Crippen LogP contribution in [0.3, 0.4) is 0 Å². The predicted molar refractivity (Wildman–Crippen MR) is 97.0 cm³/mol. The highest BCUT2D eigenvalue weighted by Crippen LogP contribution is 2.21. The fraction of sp³-hybridized carbons (Fsp3) is 0.316. The number of anilines is 1. The molecule has 0 N–H and O–H groups in total. The number of fused-ring (bicyclic) bond motifs is 1. The molecule has 1 fully saturated rings. The zero-order valence-electron chi connectivity index (χ0n) is 14.8. The minimum atomic E-state index is -0.230. The fourth-order valence-electron chi connectivity index (χ4n) is 3.40. The molecule has 0 atom stereocenters. The van der Waals surface area contributed by atoms with Crippen molar-refractivity contribution in [2.24, 2.45) is 0 Å². The second-order valence-electron chi connectivity index (χ2n) is 6.54. The van der Waals surface area contributed by atoms with Gasteiger partial charge in [0.1, 0.15) is 5.82 Å². The highest BCUT2D eigenvalue weighted by Gasteiger charge is 2.25. The highest BCUT2D eigenvalue weighted by molar-refractivity contribution is 5.95. The Morgan fingerprint density at radius 3 is 2.58 bits per heavy atom. The van der Waals surface area contributed by atoms with Crippen LogP contribution in [0.2, 0.25) is 0 Å². The number of hydrogen-bond donors (Lipinski definition) is 0. The quantitative estimate of drug-likeness (QED) is 0.710. The van der Waals surface area contributed by atoms with E-state index < -0.39 is 0 Å². The molecule has 3 heterocycles. The molecule has 0 saturated carbocycles. The number of carbonyl (C=O) groups is 1.